The predicted molar refractivity (Wildman–Crippen MR) is 158 cm³/mol. The molecule has 9 nitrogen and oxygen atoms in total. The van der Waals surface area contributed by atoms with E-state index in [0.717, 1.165) is 48.4 Å². The highest BCUT2D eigenvalue weighted by Gasteiger charge is 2.55. The van der Waals surface area contributed by atoms with E-state index in [-0.39, 0.29) is 17.9 Å². The highest BCUT2D eigenvalue weighted by molar-refractivity contribution is 5.77. The number of likely N-dealkylation sites (tertiary alicyclic amines) is 2. The molecule has 3 aromatic rings. The number of hydrogen-bond acceptors (Lipinski definition) is 7. The number of aliphatic hydroxyl groups excluding tert-OH is 1. The van der Waals surface area contributed by atoms with Crippen LogP contribution in [0.15, 0.2) is 42.7 Å². The number of pyridine rings is 1. The maximum absolute atomic E-state index is 12.6. The van der Waals surface area contributed by atoms with E-state index < -0.39 is 17.6 Å². The molecule has 2 fully saturated rings. The lowest BCUT2D eigenvalue weighted by atomic mass is 9.62. The minimum atomic E-state index is -1.24. The van der Waals surface area contributed by atoms with E-state index in [1.807, 2.05) is 10.7 Å². The quantitative estimate of drug-likeness (QED) is 0.430. The van der Waals surface area contributed by atoms with E-state index in [4.69, 9.17) is 10.1 Å². The first-order chi connectivity index (χ1) is 19.5. The molecule has 0 spiro atoms. The Morgan fingerprint density at radius 1 is 1.07 bits per heavy atom. The summed E-state index contributed by atoms with van der Waals surface area (Å²) < 4.78 is 1.98. The third-order valence-electron chi connectivity index (χ3n) is 9.02. The summed E-state index contributed by atoms with van der Waals surface area (Å²) in [4.78, 5) is 25.5. The number of hydrogen-bond donors (Lipinski definition) is 2. The van der Waals surface area contributed by atoms with Crippen LogP contribution in [-0.4, -0.2) is 85.5 Å². The number of amides is 1. The molecule has 1 amide bonds. The lowest BCUT2D eigenvalue weighted by molar-refractivity contribution is -0.135. The van der Waals surface area contributed by atoms with Gasteiger partial charge in [-0.15, -0.1) is 0 Å². The summed E-state index contributed by atoms with van der Waals surface area (Å²) in [6.07, 6.45) is 5.09. The highest BCUT2D eigenvalue weighted by Crippen LogP contribution is 2.50. The van der Waals surface area contributed by atoms with Crippen molar-refractivity contribution in [1.82, 2.24) is 29.5 Å². The Labute approximate surface area is 243 Å². The molecule has 5 rings (SSSR count). The molecule has 2 aromatic heterocycles. The Hall–Kier alpha value is -3.14. The Morgan fingerprint density at radius 2 is 1.73 bits per heavy atom. The summed E-state index contributed by atoms with van der Waals surface area (Å²) in [5.74, 6) is 1.84. The lowest BCUT2D eigenvalue weighted by Crippen LogP contribution is -2.63. The van der Waals surface area contributed by atoms with Crippen LogP contribution in [0.3, 0.4) is 0 Å². The summed E-state index contributed by atoms with van der Waals surface area (Å²) in [5, 5.41) is 26.8. The fraction of sp³-hybridized carbons (Fsp3) is 0.562. The van der Waals surface area contributed by atoms with Crippen molar-refractivity contribution in [3.05, 3.63) is 65.2 Å². The van der Waals surface area contributed by atoms with E-state index in [9.17, 15) is 15.0 Å². The molecule has 2 N–H and O–H groups in total. The van der Waals surface area contributed by atoms with Crippen molar-refractivity contribution >= 4 is 5.91 Å². The molecule has 0 radical (unpaired) electrons. The van der Waals surface area contributed by atoms with Crippen LogP contribution in [0.1, 0.15) is 87.9 Å². The molecular formula is C32H44N6O3. The molecule has 9 heteroatoms. The van der Waals surface area contributed by atoms with Crippen molar-refractivity contribution in [1.29, 1.82) is 0 Å². The summed E-state index contributed by atoms with van der Waals surface area (Å²) in [6, 6.07) is 10.5. The smallest absolute Gasteiger partial charge is 0.248 e. The van der Waals surface area contributed by atoms with Crippen molar-refractivity contribution < 1.29 is 15.0 Å². The summed E-state index contributed by atoms with van der Waals surface area (Å²) in [7, 11) is 2.08. The van der Waals surface area contributed by atoms with E-state index >= 15 is 0 Å². The molecule has 0 aliphatic carbocycles. The van der Waals surface area contributed by atoms with Crippen LogP contribution in [0, 0.1) is 5.41 Å². The van der Waals surface area contributed by atoms with Crippen molar-refractivity contribution in [2.75, 3.05) is 39.8 Å². The molecule has 2 saturated heterocycles. The van der Waals surface area contributed by atoms with Gasteiger partial charge in [-0.1, -0.05) is 45.0 Å². The van der Waals surface area contributed by atoms with E-state index in [0.29, 0.717) is 24.8 Å². The monoisotopic (exact) mass is 560 g/mol. The summed E-state index contributed by atoms with van der Waals surface area (Å²) >= 11 is 0. The minimum Gasteiger partial charge on any atom is -0.387 e. The fourth-order valence-corrected chi connectivity index (χ4v) is 6.71. The number of piperidine rings is 1. The van der Waals surface area contributed by atoms with Crippen LogP contribution >= 0.6 is 0 Å². The average Bonchev–Trinajstić information content (AvgIpc) is 3.42. The van der Waals surface area contributed by atoms with Gasteiger partial charge in [-0.05, 0) is 56.8 Å². The van der Waals surface area contributed by atoms with Crippen molar-refractivity contribution in [3.63, 3.8) is 0 Å². The first-order valence-electron chi connectivity index (χ1n) is 14.8. The Morgan fingerprint density at radius 3 is 2.29 bits per heavy atom. The molecule has 0 unspecified atom stereocenters. The second kappa shape index (κ2) is 11.3. The number of nitrogens with zero attached hydrogens (tertiary/aromatic N) is 6. The second-order valence-electron chi connectivity index (χ2n) is 12.8. The minimum absolute atomic E-state index is 0.111. The number of rotatable bonds is 8. The van der Waals surface area contributed by atoms with Crippen LogP contribution < -0.4 is 0 Å². The normalized spacial score (nSPS) is 19.4. The number of aliphatic hydroxyl groups is 2. The van der Waals surface area contributed by atoms with Gasteiger partial charge in [-0.2, -0.15) is 5.10 Å². The first kappa shape index (κ1) is 29.4. The van der Waals surface area contributed by atoms with Gasteiger partial charge < -0.3 is 20.0 Å². The van der Waals surface area contributed by atoms with Crippen LogP contribution in [-0.2, 0) is 10.4 Å². The molecule has 2 aliphatic heterocycles. The third kappa shape index (κ3) is 5.31. The number of benzene rings is 1. The molecule has 41 heavy (non-hydrogen) atoms. The number of carbonyl (C=O) groups is 1. The summed E-state index contributed by atoms with van der Waals surface area (Å²) in [6.45, 7) is 12.9. The molecule has 1 atom stereocenters. The zero-order valence-corrected chi connectivity index (χ0v) is 25.2. The zero-order chi connectivity index (χ0) is 29.5. The fourth-order valence-electron chi connectivity index (χ4n) is 6.71. The van der Waals surface area contributed by atoms with E-state index in [2.05, 4.69) is 75.8 Å². The second-order valence-corrected chi connectivity index (χ2v) is 12.8. The van der Waals surface area contributed by atoms with Gasteiger partial charge in [0, 0.05) is 67.1 Å². The van der Waals surface area contributed by atoms with Crippen molar-refractivity contribution in [2.24, 2.45) is 5.41 Å². The van der Waals surface area contributed by atoms with Gasteiger partial charge in [0.05, 0.1) is 0 Å². The molecule has 2 aliphatic rings. The highest BCUT2D eigenvalue weighted by atomic mass is 16.3. The van der Waals surface area contributed by atoms with Crippen molar-refractivity contribution in [3.8, 4) is 11.4 Å². The Bertz CT molecular complexity index is 1370. The number of carbonyl (C=O) groups excluding carboxylic acids is 1. The maximum Gasteiger partial charge on any atom is 0.248 e. The van der Waals surface area contributed by atoms with Gasteiger partial charge in [0.2, 0.25) is 5.91 Å². The molecular weight excluding hydrogens is 516 g/mol. The Balaban J connectivity index is 1.51. The molecule has 0 bridgehead atoms. The van der Waals surface area contributed by atoms with Gasteiger partial charge in [0.1, 0.15) is 18.0 Å². The van der Waals surface area contributed by atoms with E-state index in [1.54, 1.807) is 17.3 Å². The molecule has 1 aromatic carbocycles. The van der Waals surface area contributed by atoms with Gasteiger partial charge in [0.15, 0.2) is 5.82 Å². The van der Waals surface area contributed by atoms with Crippen LogP contribution in [0.2, 0.25) is 0 Å². The predicted octanol–water partition coefficient (Wildman–Crippen LogP) is 3.93. The average molecular weight is 561 g/mol. The van der Waals surface area contributed by atoms with Gasteiger partial charge in [0.25, 0.3) is 0 Å². The van der Waals surface area contributed by atoms with Gasteiger partial charge in [-0.3, -0.25) is 9.78 Å². The van der Waals surface area contributed by atoms with Gasteiger partial charge in [-0.25, -0.2) is 9.67 Å². The SMILES string of the molecule is CC(C)c1ccc([C@](O)(c2cncc(-c3nc(C4CCN(C(=O)CO)CC4)n(C(C)C)n3)c2)C2(C)CN(C)C2)cc1. The van der Waals surface area contributed by atoms with Crippen LogP contribution in [0.5, 0.6) is 0 Å². The Kier molecular flexibility index (Phi) is 8.07. The third-order valence-corrected chi connectivity index (χ3v) is 9.02. The topological polar surface area (TPSA) is 108 Å². The van der Waals surface area contributed by atoms with Crippen LogP contribution in [0.25, 0.3) is 11.4 Å². The molecule has 0 saturated carbocycles. The van der Waals surface area contributed by atoms with Crippen molar-refractivity contribution in [2.45, 2.75) is 70.9 Å². The van der Waals surface area contributed by atoms with Gasteiger partial charge >= 0.3 is 0 Å². The molecule has 4 heterocycles. The maximum atomic E-state index is 12.6. The zero-order valence-electron chi connectivity index (χ0n) is 25.2. The summed E-state index contributed by atoms with van der Waals surface area (Å²) in [5.41, 5.74) is 1.97. The van der Waals surface area contributed by atoms with Crippen LogP contribution in [0.4, 0.5) is 0 Å². The number of aromatic nitrogens is 4. The first-order valence-corrected chi connectivity index (χ1v) is 14.8. The lowest BCUT2D eigenvalue weighted by Gasteiger charge is -2.55. The van der Waals surface area contributed by atoms with E-state index in [1.165, 1.54) is 5.56 Å². The molecule has 220 valence electrons. The largest absolute Gasteiger partial charge is 0.387 e. The standard InChI is InChI=1S/C32H44N6O3/c1-21(2)23-7-9-26(10-8-23)32(41,31(5)19-36(6)20-31)27-15-25(16-33-17-27)29-34-30(38(35-29)22(3)4)24-11-13-37(14-12-24)28(40)18-39/h7-10,15-17,21-22,24,39,41H,11-14,18-20H2,1-6H3/t32-/m0/s1.